The summed E-state index contributed by atoms with van der Waals surface area (Å²) < 4.78 is 12.0. The molecule has 1 aromatic heterocycles. The third kappa shape index (κ3) is 2.58. The van der Waals surface area contributed by atoms with Crippen molar-refractivity contribution in [3.63, 3.8) is 0 Å². The van der Waals surface area contributed by atoms with Crippen molar-refractivity contribution < 1.29 is 14.3 Å². The predicted octanol–water partition coefficient (Wildman–Crippen LogP) is 0.993. The zero-order valence-electron chi connectivity index (χ0n) is 9.89. The van der Waals surface area contributed by atoms with Gasteiger partial charge in [0, 0.05) is 12.8 Å². The van der Waals surface area contributed by atoms with E-state index in [-0.39, 0.29) is 11.7 Å². The lowest BCUT2D eigenvalue weighted by atomic mass is 10.1. The fraction of sp³-hybridized carbons (Fsp3) is 0.636. The number of carbonyl (C=O) groups is 1. The Morgan fingerprint density at radius 2 is 2.59 bits per heavy atom. The molecule has 94 valence electrons. The summed E-state index contributed by atoms with van der Waals surface area (Å²) in [6, 6.07) is 0.161. The first-order chi connectivity index (χ1) is 8.22. The number of hydrogen-bond acceptors (Lipinski definition) is 5. The SMILES string of the molecule is CCOC(=O)c1nn(C2CCCOC2)cc1N. The van der Waals surface area contributed by atoms with Crippen LogP contribution in [0.4, 0.5) is 5.69 Å². The van der Waals surface area contributed by atoms with Crippen molar-refractivity contribution in [3.8, 4) is 0 Å². The highest BCUT2D eigenvalue weighted by molar-refractivity contribution is 5.92. The number of nitrogen functional groups attached to an aromatic ring is 1. The van der Waals surface area contributed by atoms with E-state index in [2.05, 4.69) is 5.10 Å². The number of hydrogen-bond donors (Lipinski definition) is 1. The quantitative estimate of drug-likeness (QED) is 0.796. The molecule has 1 unspecified atom stereocenters. The van der Waals surface area contributed by atoms with Gasteiger partial charge in [-0.2, -0.15) is 5.10 Å². The zero-order valence-corrected chi connectivity index (χ0v) is 9.89. The molecular formula is C11H17N3O3. The molecule has 0 amide bonds. The van der Waals surface area contributed by atoms with Crippen molar-refractivity contribution in [2.24, 2.45) is 0 Å². The third-order valence-electron chi connectivity index (χ3n) is 2.74. The summed E-state index contributed by atoms with van der Waals surface area (Å²) in [4.78, 5) is 11.6. The molecule has 6 heteroatoms. The highest BCUT2D eigenvalue weighted by atomic mass is 16.5. The lowest BCUT2D eigenvalue weighted by molar-refractivity contribution is 0.0493. The maximum Gasteiger partial charge on any atom is 0.361 e. The lowest BCUT2D eigenvalue weighted by Gasteiger charge is -2.22. The van der Waals surface area contributed by atoms with E-state index < -0.39 is 5.97 Å². The number of nitrogens with two attached hydrogens (primary N) is 1. The number of nitrogens with zero attached hydrogens (tertiary/aromatic N) is 2. The highest BCUT2D eigenvalue weighted by Crippen LogP contribution is 2.21. The van der Waals surface area contributed by atoms with E-state index in [1.54, 1.807) is 17.8 Å². The Morgan fingerprint density at radius 3 is 3.24 bits per heavy atom. The number of anilines is 1. The first-order valence-corrected chi connectivity index (χ1v) is 5.82. The number of esters is 1. The Hall–Kier alpha value is -1.56. The van der Waals surface area contributed by atoms with Crippen molar-refractivity contribution >= 4 is 11.7 Å². The number of carbonyl (C=O) groups excluding carboxylic acids is 1. The van der Waals surface area contributed by atoms with Gasteiger partial charge in [0.2, 0.25) is 0 Å². The first-order valence-electron chi connectivity index (χ1n) is 5.82. The van der Waals surface area contributed by atoms with Crippen LogP contribution in [0, 0.1) is 0 Å². The molecule has 0 spiro atoms. The van der Waals surface area contributed by atoms with E-state index in [1.165, 1.54) is 0 Å². The second kappa shape index (κ2) is 5.18. The summed E-state index contributed by atoms with van der Waals surface area (Å²) in [7, 11) is 0. The van der Waals surface area contributed by atoms with Crippen LogP contribution in [0.2, 0.25) is 0 Å². The molecule has 1 aliphatic heterocycles. The monoisotopic (exact) mass is 239 g/mol. The third-order valence-corrected chi connectivity index (χ3v) is 2.74. The van der Waals surface area contributed by atoms with Crippen molar-refractivity contribution in [3.05, 3.63) is 11.9 Å². The second-order valence-electron chi connectivity index (χ2n) is 4.00. The fourth-order valence-electron chi connectivity index (χ4n) is 1.88. The van der Waals surface area contributed by atoms with Gasteiger partial charge >= 0.3 is 5.97 Å². The Bertz CT molecular complexity index is 397. The molecule has 1 aliphatic rings. The average molecular weight is 239 g/mol. The van der Waals surface area contributed by atoms with Gasteiger partial charge in [-0.25, -0.2) is 4.79 Å². The molecule has 1 atom stereocenters. The molecule has 1 aromatic rings. The zero-order chi connectivity index (χ0) is 12.3. The Balaban J connectivity index is 2.14. The van der Waals surface area contributed by atoms with Crippen molar-refractivity contribution in [1.82, 2.24) is 9.78 Å². The molecule has 0 bridgehead atoms. The van der Waals surface area contributed by atoms with E-state index in [1.807, 2.05) is 0 Å². The maximum absolute atomic E-state index is 11.6. The smallest absolute Gasteiger partial charge is 0.361 e. The molecule has 6 nitrogen and oxygen atoms in total. The number of ether oxygens (including phenoxy) is 2. The van der Waals surface area contributed by atoms with E-state index >= 15 is 0 Å². The van der Waals surface area contributed by atoms with Gasteiger partial charge in [-0.05, 0) is 19.8 Å². The van der Waals surface area contributed by atoms with Crippen LogP contribution in [-0.4, -0.2) is 35.6 Å². The molecule has 0 aliphatic carbocycles. The van der Waals surface area contributed by atoms with E-state index in [9.17, 15) is 4.79 Å². The van der Waals surface area contributed by atoms with E-state index in [0.29, 0.717) is 18.9 Å². The van der Waals surface area contributed by atoms with Gasteiger partial charge in [0.1, 0.15) is 0 Å². The summed E-state index contributed by atoms with van der Waals surface area (Å²) in [5.41, 5.74) is 6.30. The summed E-state index contributed by atoms with van der Waals surface area (Å²) in [5.74, 6) is -0.472. The molecule has 17 heavy (non-hydrogen) atoms. The van der Waals surface area contributed by atoms with Crippen LogP contribution in [-0.2, 0) is 9.47 Å². The van der Waals surface area contributed by atoms with Gasteiger partial charge in [0.25, 0.3) is 0 Å². The minimum absolute atomic E-state index is 0.161. The molecule has 0 aromatic carbocycles. The summed E-state index contributed by atoms with van der Waals surface area (Å²) >= 11 is 0. The molecule has 2 rings (SSSR count). The van der Waals surface area contributed by atoms with Gasteiger partial charge in [-0.3, -0.25) is 4.68 Å². The summed E-state index contributed by atoms with van der Waals surface area (Å²) in [6.07, 6.45) is 3.66. The molecule has 1 fully saturated rings. The lowest BCUT2D eigenvalue weighted by Crippen LogP contribution is -2.22. The maximum atomic E-state index is 11.6. The van der Waals surface area contributed by atoms with Crippen LogP contribution in [0.15, 0.2) is 6.20 Å². The van der Waals surface area contributed by atoms with Crippen LogP contribution in [0.25, 0.3) is 0 Å². The number of rotatable bonds is 3. The van der Waals surface area contributed by atoms with Gasteiger partial charge in [0.15, 0.2) is 5.69 Å². The van der Waals surface area contributed by atoms with Gasteiger partial charge in [-0.1, -0.05) is 0 Å². The van der Waals surface area contributed by atoms with Crippen molar-refractivity contribution in [2.75, 3.05) is 25.6 Å². The molecule has 2 N–H and O–H groups in total. The molecule has 1 saturated heterocycles. The second-order valence-corrected chi connectivity index (χ2v) is 4.00. The molecule has 2 heterocycles. The molecule has 0 radical (unpaired) electrons. The largest absolute Gasteiger partial charge is 0.461 e. The molecule has 0 saturated carbocycles. The van der Waals surface area contributed by atoms with Gasteiger partial charge in [-0.15, -0.1) is 0 Å². The Morgan fingerprint density at radius 1 is 1.76 bits per heavy atom. The number of aromatic nitrogens is 2. The van der Waals surface area contributed by atoms with Gasteiger partial charge < -0.3 is 15.2 Å². The normalized spacial score (nSPS) is 20.2. The minimum atomic E-state index is -0.472. The summed E-state index contributed by atoms with van der Waals surface area (Å²) in [5, 5.41) is 4.19. The van der Waals surface area contributed by atoms with Crippen LogP contribution >= 0.6 is 0 Å². The standard InChI is InChI=1S/C11H17N3O3/c1-2-17-11(15)10-9(12)6-14(13-10)8-4-3-5-16-7-8/h6,8H,2-5,7,12H2,1H3. The first kappa shape index (κ1) is 11.9. The van der Waals surface area contributed by atoms with Crippen LogP contribution in [0.5, 0.6) is 0 Å². The van der Waals surface area contributed by atoms with Crippen molar-refractivity contribution in [2.45, 2.75) is 25.8 Å². The predicted molar refractivity (Wildman–Crippen MR) is 61.7 cm³/mol. The Labute approximate surface area is 99.7 Å². The molecular weight excluding hydrogens is 222 g/mol. The average Bonchev–Trinajstić information content (AvgIpc) is 2.73. The van der Waals surface area contributed by atoms with Crippen LogP contribution < -0.4 is 5.73 Å². The fourth-order valence-corrected chi connectivity index (χ4v) is 1.88. The van der Waals surface area contributed by atoms with E-state index in [0.717, 1.165) is 19.4 Å². The minimum Gasteiger partial charge on any atom is -0.461 e. The topological polar surface area (TPSA) is 79.4 Å². The van der Waals surface area contributed by atoms with Gasteiger partial charge in [0.05, 0.1) is 24.9 Å². The van der Waals surface area contributed by atoms with Crippen LogP contribution in [0.3, 0.4) is 0 Å². The van der Waals surface area contributed by atoms with E-state index in [4.69, 9.17) is 15.2 Å². The van der Waals surface area contributed by atoms with Crippen molar-refractivity contribution in [1.29, 1.82) is 0 Å². The summed E-state index contributed by atoms with van der Waals surface area (Å²) in [6.45, 7) is 3.47. The highest BCUT2D eigenvalue weighted by Gasteiger charge is 2.21. The Kier molecular flexibility index (Phi) is 3.63. The van der Waals surface area contributed by atoms with Crippen LogP contribution in [0.1, 0.15) is 36.3 Å².